The number of rotatable bonds is 4. The number of aromatic carboxylic acids is 1. The summed E-state index contributed by atoms with van der Waals surface area (Å²) in [6, 6.07) is 12.5. The van der Waals surface area contributed by atoms with Gasteiger partial charge >= 0.3 is 5.97 Å². The molecule has 0 saturated carbocycles. The minimum absolute atomic E-state index is 0.0274. The Balaban J connectivity index is 1.95. The molecule has 0 spiro atoms. The van der Waals surface area contributed by atoms with Crippen molar-refractivity contribution in [3.63, 3.8) is 0 Å². The lowest BCUT2D eigenvalue weighted by molar-refractivity contribution is 0.0696. The molecule has 9 heteroatoms. The van der Waals surface area contributed by atoms with E-state index < -0.39 is 11.9 Å². The van der Waals surface area contributed by atoms with Crippen molar-refractivity contribution in [2.45, 2.75) is 0 Å². The maximum Gasteiger partial charge on any atom is 0.335 e. The Labute approximate surface area is 179 Å². The molecule has 0 radical (unpaired) electrons. The highest BCUT2D eigenvalue weighted by Gasteiger charge is 2.19. The molecule has 0 atom stereocenters. The van der Waals surface area contributed by atoms with Crippen molar-refractivity contribution < 1.29 is 14.7 Å². The highest BCUT2D eigenvalue weighted by atomic mass is 35.5. The minimum Gasteiger partial charge on any atom is -0.478 e. The summed E-state index contributed by atoms with van der Waals surface area (Å²) in [7, 11) is 0. The Kier molecular flexibility index (Phi) is 6.10. The fourth-order valence-electron chi connectivity index (χ4n) is 2.40. The van der Waals surface area contributed by atoms with Crippen LogP contribution in [-0.4, -0.2) is 22.0 Å². The number of amides is 1. The van der Waals surface area contributed by atoms with Gasteiger partial charge in [-0.25, -0.2) is 9.78 Å². The van der Waals surface area contributed by atoms with E-state index in [0.29, 0.717) is 16.3 Å². The van der Waals surface area contributed by atoms with Crippen LogP contribution in [0.2, 0.25) is 20.1 Å². The third-order valence-electron chi connectivity index (χ3n) is 3.71. The van der Waals surface area contributed by atoms with Gasteiger partial charge in [-0.15, -0.1) is 0 Å². The highest BCUT2D eigenvalue weighted by Crippen LogP contribution is 2.33. The van der Waals surface area contributed by atoms with Gasteiger partial charge in [-0.3, -0.25) is 4.79 Å². The van der Waals surface area contributed by atoms with Crippen LogP contribution in [0.4, 0.5) is 5.69 Å². The zero-order chi connectivity index (χ0) is 20.4. The first-order valence-electron chi connectivity index (χ1n) is 7.72. The number of nitrogens with one attached hydrogen (secondary N) is 1. The van der Waals surface area contributed by atoms with Gasteiger partial charge in [0.1, 0.15) is 5.69 Å². The number of nitrogens with zero attached hydrogens (tertiary/aromatic N) is 1. The normalized spacial score (nSPS) is 10.6. The number of pyridine rings is 1. The van der Waals surface area contributed by atoms with Gasteiger partial charge in [0.25, 0.3) is 5.91 Å². The molecule has 1 amide bonds. The maximum atomic E-state index is 12.7. The Morgan fingerprint density at radius 3 is 2.18 bits per heavy atom. The molecule has 28 heavy (non-hydrogen) atoms. The van der Waals surface area contributed by atoms with Crippen molar-refractivity contribution in [1.82, 2.24) is 4.98 Å². The first-order valence-corrected chi connectivity index (χ1v) is 9.23. The SMILES string of the molecule is O=C(O)c1cc(Cl)c(NC(=O)c2nc(-c3cccc(Cl)c3)ccc2Cl)c(Cl)c1. The lowest BCUT2D eigenvalue weighted by Crippen LogP contribution is -2.15. The van der Waals surface area contributed by atoms with Crippen LogP contribution in [0.15, 0.2) is 48.5 Å². The molecule has 0 saturated heterocycles. The number of hydrogen-bond acceptors (Lipinski definition) is 3. The molecule has 3 aromatic rings. The molecule has 0 aliphatic rings. The third kappa shape index (κ3) is 4.39. The molecule has 0 unspecified atom stereocenters. The quantitative estimate of drug-likeness (QED) is 0.482. The van der Waals surface area contributed by atoms with Gasteiger partial charge in [-0.05, 0) is 36.4 Å². The van der Waals surface area contributed by atoms with E-state index >= 15 is 0 Å². The Morgan fingerprint density at radius 1 is 0.893 bits per heavy atom. The van der Waals surface area contributed by atoms with Crippen molar-refractivity contribution >= 4 is 64.0 Å². The fourth-order valence-corrected chi connectivity index (χ4v) is 3.36. The molecule has 0 bridgehead atoms. The molecule has 0 aliphatic carbocycles. The van der Waals surface area contributed by atoms with Crippen molar-refractivity contribution in [2.24, 2.45) is 0 Å². The average Bonchev–Trinajstić information content (AvgIpc) is 2.64. The lowest BCUT2D eigenvalue weighted by Gasteiger charge is -2.12. The zero-order valence-electron chi connectivity index (χ0n) is 13.8. The predicted molar refractivity (Wildman–Crippen MR) is 111 cm³/mol. The third-order valence-corrected chi connectivity index (χ3v) is 4.85. The number of hydrogen-bond donors (Lipinski definition) is 2. The van der Waals surface area contributed by atoms with Gasteiger partial charge in [0.15, 0.2) is 0 Å². The van der Waals surface area contributed by atoms with Crippen molar-refractivity contribution in [3.8, 4) is 11.3 Å². The van der Waals surface area contributed by atoms with Gasteiger partial charge < -0.3 is 10.4 Å². The van der Waals surface area contributed by atoms with Crippen LogP contribution in [-0.2, 0) is 0 Å². The number of carbonyl (C=O) groups is 2. The van der Waals surface area contributed by atoms with E-state index in [0.717, 1.165) is 0 Å². The molecule has 0 fully saturated rings. The lowest BCUT2D eigenvalue weighted by atomic mass is 10.1. The molecule has 5 nitrogen and oxygen atoms in total. The monoisotopic (exact) mass is 454 g/mol. The predicted octanol–water partition coefficient (Wildman–Crippen LogP) is 6.31. The van der Waals surface area contributed by atoms with Gasteiger partial charge in [0.2, 0.25) is 0 Å². The first-order chi connectivity index (χ1) is 13.3. The van der Waals surface area contributed by atoms with Crippen LogP contribution >= 0.6 is 46.4 Å². The summed E-state index contributed by atoms with van der Waals surface area (Å²) in [5.41, 5.74) is 1.11. The van der Waals surface area contributed by atoms with E-state index in [9.17, 15) is 9.59 Å². The van der Waals surface area contributed by atoms with Gasteiger partial charge in [-0.1, -0.05) is 58.5 Å². The molecular weight excluding hydrogens is 446 g/mol. The summed E-state index contributed by atoms with van der Waals surface area (Å²) >= 11 is 24.3. The second-order valence-corrected chi connectivity index (χ2v) is 7.27. The van der Waals surface area contributed by atoms with Gasteiger partial charge in [-0.2, -0.15) is 0 Å². The summed E-state index contributed by atoms with van der Waals surface area (Å²) in [6.07, 6.45) is 0. The van der Waals surface area contributed by atoms with Crippen LogP contribution < -0.4 is 5.32 Å². The number of halogens is 4. The zero-order valence-corrected chi connectivity index (χ0v) is 16.9. The largest absolute Gasteiger partial charge is 0.478 e. The number of aromatic nitrogens is 1. The number of carbonyl (C=O) groups excluding carboxylic acids is 1. The first kappa shape index (κ1) is 20.4. The van der Waals surface area contributed by atoms with Crippen molar-refractivity contribution in [3.05, 3.63) is 79.9 Å². The van der Waals surface area contributed by atoms with E-state index in [1.165, 1.54) is 18.2 Å². The second-order valence-electron chi connectivity index (χ2n) is 5.61. The van der Waals surface area contributed by atoms with E-state index in [-0.39, 0.29) is 32.0 Å². The summed E-state index contributed by atoms with van der Waals surface area (Å²) in [4.78, 5) is 28.1. The average molecular weight is 456 g/mol. The van der Waals surface area contributed by atoms with Gasteiger partial charge in [0.05, 0.1) is 32.0 Å². The van der Waals surface area contributed by atoms with Crippen LogP contribution in [0.1, 0.15) is 20.8 Å². The molecule has 2 aromatic carbocycles. The summed E-state index contributed by atoms with van der Waals surface area (Å²) in [5, 5.41) is 12.2. The molecule has 1 aromatic heterocycles. The topological polar surface area (TPSA) is 79.3 Å². The second kappa shape index (κ2) is 8.37. The number of carboxylic acids is 1. The molecule has 142 valence electrons. The minimum atomic E-state index is -1.19. The van der Waals surface area contributed by atoms with Crippen molar-refractivity contribution in [1.29, 1.82) is 0 Å². The molecule has 3 rings (SSSR count). The molecular formula is C19H10Cl4N2O3. The van der Waals surface area contributed by atoms with E-state index in [4.69, 9.17) is 51.5 Å². The number of benzene rings is 2. The van der Waals surface area contributed by atoms with E-state index in [1.54, 1.807) is 30.3 Å². The standard InChI is InChI=1S/C19H10Cl4N2O3/c20-11-3-1-2-9(6-11)15-5-4-12(21)17(24-15)18(26)25-16-13(22)7-10(19(27)28)8-14(16)23/h1-8H,(H,25,26)(H,27,28). The summed E-state index contributed by atoms with van der Waals surface area (Å²) < 4.78 is 0. The molecule has 2 N–H and O–H groups in total. The van der Waals surface area contributed by atoms with E-state index in [2.05, 4.69) is 10.3 Å². The van der Waals surface area contributed by atoms with E-state index in [1.807, 2.05) is 0 Å². The fraction of sp³-hybridized carbons (Fsp3) is 0. The highest BCUT2D eigenvalue weighted by molar-refractivity contribution is 6.41. The van der Waals surface area contributed by atoms with Crippen LogP contribution in [0.5, 0.6) is 0 Å². The van der Waals surface area contributed by atoms with Gasteiger partial charge in [0, 0.05) is 10.6 Å². The smallest absolute Gasteiger partial charge is 0.335 e. The summed E-state index contributed by atoms with van der Waals surface area (Å²) in [5.74, 6) is -1.85. The Hall–Kier alpha value is -2.31. The maximum absolute atomic E-state index is 12.7. The van der Waals surface area contributed by atoms with Crippen LogP contribution in [0.3, 0.4) is 0 Å². The number of carboxylic acid groups (broad SMARTS) is 1. The Bertz CT molecular complexity index is 1080. The number of anilines is 1. The molecule has 0 aliphatic heterocycles. The molecule has 1 heterocycles. The van der Waals surface area contributed by atoms with Crippen LogP contribution in [0.25, 0.3) is 11.3 Å². The van der Waals surface area contributed by atoms with Crippen LogP contribution in [0, 0.1) is 0 Å². The summed E-state index contributed by atoms with van der Waals surface area (Å²) in [6.45, 7) is 0. The van der Waals surface area contributed by atoms with Crippen molar-refractivity contribution in [2.75, 3.05) is 5.32 Å². The Morgan fingerprint density at radius 2 is 1.57 bits per heavy atom.